The van der Waals surface area contributed by atoms with Crippen molar-refractivity contribution in [1.82, 2.24) is 0 Å². The third kappa shape index (κ3) is 5.37. The molecule has 16 nitrogen and oxygen atoms in total. The largest absolute Gasteiger partial charge is 0.394 e. The van der Waals surface area contributed by atoms with Gasteiger partial charge in [0.15, 0.2) is 18.9 Å². The van der Waals surface area contributed by atoms with Crippen molar-refractivity contribution < 1.29 is 79.9 Å². The molecule has 0 bridgehead atoms. The number of hydrogen-bond donors (Lipinski definition) is 11. The van der Waals surface area contributed by atoms with Crippen LogP contribution in [0.2, 0.25) is 0 Å². The Balaban J connectivity index is 1.72. The van der Waals surface area contributed by atoms with Crippen LogP contribution in [0.3, 0.4) is 0 Å². The molecular weight excluding hydrogens is 472 g/mol. The Kier molecular flexibility index (Phi) is 9.54. The molecule has 0 spiro atoms. The van der Waals surface area contributed by atoms with Crippen molar-refractivity contribution in [2.75, 3.05) is 19.8 Å². The first-order valence-electron chi connectivity index (χ1n) is 10.6. The molecule has 34 heavy (non-hydrogen) atoms. The molecule has 0 radical (unpaired) electrons. The number of ether oxygens (including phenoxy) is 5. The minimum absolute atomic E-state index is 0.741. The SMILES string of the molecule is OCC1O[C@@H](O[C@@H]2C(CO)O[C@@H](O[C@@H]3C(CO)OC(O)C(O)[C@H]3O)C(O)[C@H]2O)C(O)[C@@H](O)[C@@H]1O. The van der Waals surface area contributed by atoms with Crippen LogP contribution in [-0.2, 0) is 23.7 Å². The summed E-state index contributed by atoms with van der Waals surface area (Å²) in [6, 6.07) is 0. The van der Waals surface area contributed by atoms with Gasteiger partial charge < -0.3 is 79.9 Å². The molecule has 15 atom stereocenters. The van der Waals surface area contributed by atoms with Gasteiger partial charge in [0.25, 0.3) is 0 Å². The van der Waals surface area contributed by atoms with Gasteiger partial charge in [-0.15, -0.1) is 0 Å². The molecule has 0 aromatic heterocycles. The molecule has 0 saturated carbocycles. The van der Waals surface area contributed by atoms with Crippen LogP contribution in [-0.4, -0.2) is 168 Å². The molecule has 3 aliphatic rings. The summed E-state index contributed by atoms with van der Waals surface area (Å²) in [5.74, 6) is 0. The van der Waals surface area contributed by atoms with Crippen LogP contribution in [0.25, 0.3) is 0 Å². The fraction of sp³-hybridized carbons (Fsp3) is 1.00. The lowest BCUT2D eigenvalue weighted by atomic mass is 9.96. The lowest BCUT2D eigenvalue weighted by Crippen LogP contribution is -2.66. The van der Waals surface area contributed by atoms with Crippen molar-refractivity contribution in [3.8, 4) is 0 Å². The molecule has 7 unspecified atom stereocenters. The normalized spacial score (nSPS) is 52.5. The summed E-state index contributed by atoms with van der Waals surface area (Å²) in [7, 11) is 0. The first kappa shape index (κ1) is 27.9. The van der Waals surface area contributed by atoms with Gasteiger partial charge in [0, 0.05) is 0 Å². The van der Waals surface area contributed by atoms with E-state index in [1.807, 2.05) is 0 Å². The van der Waals surface area contributed by atoms with Gasteiger partial charge >= 0.3 is 0 Å². The molecule has 0 aliphatic carbocycles. The highest BCUT2D eigenvalue weighted by atomic mass is 16.8. The van der Waals surface area contributed by atoms with E-state index in [-0.39, 0.29) is 0 Å². The summed E-state index contributed by atoms with van der Waals surface area (Å²) >= 11 is 0. The summed E-state index contributed by atoms with van der Waals surface area (Å²) in [4.78, 5) is 0. The van der Waals surface area contributed by atoms with E-state index >= 15 is 0 Å². The smallest absolute Gasteiger partial charge is 0.187 e. The van der Waals surface area contributed by atoms with Gasteiger partial charge in [-0.25, -0.2) is 0 Å². The van der Waals surface area contributed by atoms with Crippen LogP contribution in [0, 0.1) is 0 Å². The maximum atomic E-state index is 10.6. The molecule has 0 aromatic rings. The molecule has 0 amide bonds. The zero-order chi connectivity index (χ0) is 25.3. The highest BCUT2D eigenvalue weighted by Crippen LogP contribution is 2.32. The van der Waals surface area contributed by atoms with Crippen molar-refractivity contribution >= 4 is 0 Å². The maximum absolute atomic E-state index is 10.6. The van der Waals surface area contributed by atoms with Crippen LogP contribution < -0.4 is 0 Å². The van der Waals surface area contributed by atoms with Gasteiger partial charge in [0.05, 0.1) is 19.8 Å². The van der Waals surface area contributed by atoms with Gasteiger partial charge in [-0.3, -0.25) is 0 Å². The first-order valence-corrected chi connectivity index (χ1v) is 10.6. The van der Waals surface area contributed by atoms with E-state index in [4.69, 9.17) is 23.7 Å². The fourth-order valence-corrected chi connectivity index (χ4v) is 4.06. The minimum atomic E-state index is -1.91. The number of hydrogen-bond acceptors (Lipinski definition) is 16. The summed E-state index contributed by atoms with van der Waals surface area (Å²) < 4.78 is 26.4. The molecular formula is C18H32O16. The zero-order valence-corrected chi connectivity index (χ0v) is 17.7. The minimum Gasteiger partial charge on any atom is -0.394 e. The van der Waals surface area contributed by atoms with E-state index in [1.165, 1.54) is 0 Å². The van der Waals surface area contributed by atoms with Gasteiger partial charge in [0.2, 0.25) is 0 Å². The Bertz CT molecular complexity index is 635. The third-order valence-corrected chi connectivity index (χ3v) is 6.09. The molecule has 200 valence electrons. The Labute approximate surface area is 192 Å². The van der Waals surface area contributed by atoms with E-state index in [0.717, 1.165) is 0 Å². The van der Waals surface area contributed by atoms with Crippen molar-refractivity contribution in [2.24, 2.45) is 0 Å². The fourth-order valence-electron chi connectivity index (χ4n) is 4.06. The average molecular weight is 504 g/mol. The van der Waals surface area contributed by atoms with E-state index in [0.29, 0.717) is 0 Å². The number of aliphatic hydroxyl groups excluding tert-OH is 11. The summed E-state index contributed by atoms with van der Waals surface area (Å²) in [5, 5.41) is 109. The van der Waals surface area contributed by atoms with Crippen LogP contribution >= 0.6 is 0 Å². The van der Waals surface area contributed by atoms with E-state index in [2.05, 4.69) is 0 Å². The average Bonchev–Trinajstić information content (AvgIpc) is 2.83. The molecule has 3 heterocycles. The van der Waals surface area contributed by atoms with Crippen molar-refractivity contribution in [3.05, 3.63) is 0 Å². The van der Waals surface area contributed by atoms with Crippen LogP contribution in [0.15, 0.2) is 0 Å². The van der Waals surface area contributed by atoms with Crippen molar-refractivity contribution in [3.63, 3.8) is 0 Å². The third-order valence-electron chi connectivity index (χ3n) is 6.09. The van der Waals surface area contributed by atoms with Crippen LogP contribution in [0.4, 0.5) is 0 Å². The van der Waals surface area contributed by atoms with Gasteiger partial charge in [-0.1, -0.05) is 0 Å². The Morgan fingerprint density at radius 3 is 1.35 bits per heavy atom. The number of rotatable bonds is 7. The standard InChI is InChI=1S/C18H32O16/c19-1-4-7(22)8(23)12(27)17(31-4)34-15-6(3-21)32-18(13(28)10(15)25)33-14-5(2-20)30-16(29)11(26)9(14)24/h4-29H,1-3H2/t4?,5?,6?,7-,8+,9-,10-,11?,12?,13?,14-,15-,16?,17+,18+/m1/s1. The lowest BCUT2D eigenvalue weighted by molar-refractivity contribution is -0.377. The predicted octanol–water partition coefficient (Wildman–Crippen LogP) is -7.57. The zero-order valence-electron chi connectivity index (χ0n) is 17.7. The first-order chi connectivity index (χ1) is 16.0. The highest BCUT2D eigenvalue weighted by molar-refractivity contribution is 4.96. The summed E-state index contributed by atoms with van der Waals surface area (Å²) in [6.45, 7) is -2.32. The summed E-state index contributed by atoms with van der Waals surface area (Å²) in [5.41, 5.74) is 0. The highest BCUT2D eigenvalue weighted by Gasteiger charge is 2.53. The van der Waals surface area contributed by atoms with Gasteiger partial charge in [-0.05, 0) is 0 Å². The molecule has 3 fully saturated rings. The van der Waals surface area contributed by atoms with Crippen molar-refractivity contribution in [1.29, 1.82) is 0 Å². The van der Waals surface area contributed by atoms with Crippen LogP contribution in [0.5, 0.6) is 0 Å². The molecule has 3 saturated heterocycles. The van der Waals surface area contributed by atoms with E-state index < -0.39 is 112 Å². The predicted molar refractivity (Wildman–Crippen MR) is 101 cm³/mol. The topological polar surface area (TPSA) is 269 Å². The molecule has 3 rings (SSSR count). The molecule has 11 N–H and O–H groups in total. The van der Waals surface area contributed by atoms with E-state index in [9.17, 15) is 56.2 Å². The second kappa shape index (κ2) is 11.6. The van der Waals surface area contributed by atoms with Gasteiger partial charge in [-0.2, -0.15) is 0 Å². The van der Waals surface area contributed by atoms with Gasteiger partial charge in [0.1, 0.15) is 73.2 Å². The Morgan fingerprint density at radius 2 is 0.853 bits per heavy atom. The second-order valence-corrected chi connectivity index (χ2v) is 8.33. The molecule has 16 heteroatoms. The Morgan fingerprint density at radius 1 is 0.441 bits per heavy atom. The van der Waals surface area contributed by atoms with E-state index in [1.54, 1.807) is 0 Å². The molecule has 0 aromatic carbocycles. The maximum Gasteiger partial charge on any atom is 0.187 e. The summed E-state index contributed by atoms with van der Waals surface area (Å²) in [6.07, 6.45) is -25.1. The quantitative estimate of drug-likeness (QED) is 0.154. The molecule has 3 aliphatic heterocycles. The van der Waals surface area contributed by atoms with Crippen LogP contribution in [0.1, 0.15) is 0 Å². The lowest BCUT2D eigenvalue weighted by Gasteiger charge is -2.47. The van der Waals surface area contributed by atoms with Crippen molar-refractivity contribution in [2.45, 2.75) is 92.1 Å². The second-order valence-electron chi connectivity index (χ2n) is 8.33. The Hall–Kier alpha value is -0.640. The number of aliphatic hydroxyl groups is 11. The monoisotopic (exact) mass is 504 g/mol.